The lowest BCUT2D eigenvalue weighted by Gasteiger charge is -2.11. The van der Waals surface area contributed by atoms with Crippen LogP contribution in [-0.4, -0.2) is 22.1 Å². The molecular formula is C11H13NO4. The predicted molar refractivity (Wildman–Crippen MR) is 57.8 cm³/mol. The molecule has 0 aliphatic rings. The SMILES string of the molecule is CC(C(=O)O)C(=O)Nc1ccccc1CO. The molecule has 0 saturated carbocycles. The molecule has 5 heteroatoms. The Hall–Kier alpha value is -1.88. The van der Waals surface area contributed by atoms with Gasteiger partial charge in [-0.05, 0) is 13.0 Å². The highest BCUT2D eigenvalue weighted by molar-refractivity contribution is 6.04. The lowest BCUT2D eigenvalue weighted by molar-refractivity contribution is -0.144. The standard InChI is InChI=1S/C11H13NO4/c1-7(11(15)16)10(14)12-9-5-3-2-4-8(9)6-13/h2-5,7,13H,6H2,1H3,(H,12,14)(H,15,16). The molecule has 5 nitrogen and oxygen atoms in total. The van der Waals surface area contributed by atoms with Gasteiger partial charge in [0.1, 0.15) is 5.92 Å². The van der Waals surface area contributed by atoms with Crippen molar-refractivity contribution in [3.8, 4) is 0 Å². The van der Waals surface area contributed by atoms with Gasteiger partial charge >= 0.3 is 5.97 Å². The van der Waals surface area contributed by atoms with Crippen molar-refractivity contribution in [2.75, 3.05) is 5.32 Å². The van der Waals surface area contributed by atoms with Crippen molar-refractivity contribution in [3.63, 3.8) is 0 Å². The van der Waals surface area contributed by atoms with E-state index in [9.17, 15) is 9.59 Å². The molecule has 1 unspecified atom stereocenters. The average molecular weight is 223 g/mol. The normalized spacial score (nSPS) is 11.9. The second kappa shape index (κ2) is 5.27. The van der Waals surface area contributed by atoms with Gasteiger partial charge in [-0.3, -0.25) is 9.59 Å². The van der Waals surface area contributed by atoms with Crippen LogP contribution in [0.3, 0.4) is 0 Å². The molecular weight excluding hydrogens is 210 g/mol. The van der Waals surface area contributed by atoms with Crippen molar-refractivity contribution in [1.29, 1.82) is 0 Å². The Kier molecular flexibility index (Phi) is 4.02. The molecule has 1 amide bonds. The Morgan fingerprint density at radius 1 is 1.38 bits per heavy atom. The summed E-state index contributed by atoms with van der Waals surface area (Å²) < 4.78 is 0. The maximum absolute atomic E-state index is 11.4. The van der Waals surface area contributed by atoms with Crippen LogP contribution in [0.1, 0.15) is 12.5 Å². The number of carboxylic acids is 1. The van der Waals surface area contributed by atoms with Crippen molar-refractivity contribution in [1.82, 2.24) is 0 Å². The second-order valence-electron chi connectivity index (χ2n) is 3.36. The van der Waals surface area contributed by atoms with E-state index in [-0.39, 0.29) is 6.61 Å². The number of nitrogens with one attached hydrogen (secondary N) is 1. The van der Waals surface area contributed by atoms with E-state index < -0.39 is 17.8 Å². The van der Waals surface area contributed by atoms with Gasteiger partial charge in [-0.1, -0.05) is 18.2 Å². The highest BCUT2D eigenvalue weighted by atomic mass is 16.4. The fraction of sp³-hybridized carbons (Fsp3) is 0.273. The third-order valence-electron chi connectivity index (χ3n) is 2.21. The molecule has 0 saturated heterocycles. The summed E-state index contributed by atoms with van der Waals surface area (Å²) in [4.78, 5) is 22.0. The zero-order chi connectivity index (χ0) is 12.1. The molecule has 0 heterocycles. The van der Waals surface area contributed by atoms with Gasteiger partial charge in [0, 0.05) is 11.3 Å². The fourth-order valence-electron chi connectivity index (χ4n) is 1.13. The molecule has 1 aromatic rings. The Labute approximate surface area is 92.7 Å². The Morgan fingerprint density at radius 2 is 2.00 bits per heavy atom. The van der Waals surface area contributed by atoms with Crippen LogP contribution in [0.2, 0.25) is 0 Å². The van der Waals surface area contributed by atoms with Gasteiger partial charge in [-0.2, -0.15) is 0 Å². The van der Waals surface area contributed by atoms with Crippen LogP contribution in [-0.2, 0) is 16.2 Å². The third-order valence-corrected chi connectivity index (χ3v) is 2.21. The highest BCUT2D eigenvalue weighted by Gasteiger charge is 2.20. The smallest absolute Gasteiger partial charge is 0.315 e. The molecule has 86 valence electrons. The molecule has 1 rings (SSSR count). The van der Waals surface area contributed by atoms with E-state index in [1.54, 1.807) is 24.3 Å². The number of para-hydroxylation sites is 1. The zero-order valence-electron chi connectivity index (χ0n) is 8.80. The van der Waals surface area contributed by atoms with Gasteiger partial charge < -0.3 is 15.5 Å². The maximum atomic E-state index is 11.4. The first-order valence-electron chi connectivity index (χ1n) is 4.78. The molecule has 1 atom stereocenters. The van der Waals surface area contributed by atoms with Crippen LogP contribution in [0.25, 0.3) is 0 Å². The number of benzene rings is 1. The highest BCUT2D eigenvalue weighted by Crippen LogP contribution is 2.15. The molecule has 0 spiro atoms. The predicted octanol–water partition coefficient (Wildman–Crippen LogP) is 0.838. The number of amides is 1. The number of hydrogen-bond donors (Lipinski definition) is 3. The van der Waals surface area contributed by atoms with E-state index in [0.717, 1.165) is 0 Å². The lowest BCUT2D eigenvalue weighted by atomic mass is 10.1. The fourth-order valence-corrected chi connectivity index (χ4v) is 1.13. The van der Waals surface area contributed by atoms with Crippen molar-refractivity contribution in [2.45, 2.75) is 13.5 Å². The summed E-state index contributed by atoms with van der Waals surface area (Å²) in [7, 11) is 0. The lowest BCUT2D eigenvalue weighted by Crippen LogP contribution is -2.27. The Balaban J connectivity index is 2.80. The average Bonchev–Trinajstić information content (AvgIpc) is 2.28. The van der Waals surface area contributed by atoms with Gasteiger partial charge in [-0.25, -0.2) is 0 Å². The van der Waals surface area contributed by atoms with Crippen molar-refractivity contribution in [3.05, 3.63) is 29.8 Å². The number of aliphatic hydroxyl groups is 1. The van der Waals surface area contributed by atoms with Gasteiger partial charge in [0.15, 0.2) is 0 Å². The van der Waals surface area contributed by atoms with E-state index in [0.29, 0.717) is 11.3 Å². The molecule has 0 radical (unpaired) electrons. The summed E-state index contributed by atoms with van der Waals surface area (Å²) in [5.41, 5.74) is 0.983. The second-order valence-corrected chi connectivity index (χ2v) is 3.36. The van der Waals surface area contributed by atoms with Crippen LogP contribution in [0.4, 0.5) is 5.69 Å². The monoisotopic (exact) mass is 223 g/mol. The number of carboxylic acid groups (broad SMARTS) is 1. The van der Waals surface area contributed by atoms with Crippen LogP contribution < -0.4 is 5.32 Å². The maximum Gasteiger partial charge on any atom is 0.315 e. The van der Waals surface area contributed by atoms with E-state index in [4.69, 9.17) is 10.2 Å². The molecule has 0 aromatic heterocycles. The van der Waals surface area contributed by atoms with Crippen molar-refractivity contribution in [2.24, 2.45) is 5.92 Å². The first-order chi connectivity index (χ1) is 7.56. The van der Waals surface area contributed by atoms with Gasteiger partial charge in [0.05, 0.1) is 6.61 Å². The van der Waals surface area contributed by atoms with E-state index >= 15 is 0 Å². The van der Waals surface area contributed by atoms with Crippen molar-refractivity contribution < 1.29 is 19.8 Å². The zero-order valence-corrected chi connectivity index (χ0v) is 8.80. The summed E-state index contributed by atoms with van der Waals surface area (Å²) in [6.07, 6.45) is 0. The summed E-state index contributed by atoms with van der Waals surface area (Å²) in [6, 6.07) is 6.68. The number of anilines is 1. The number of carbonyl (C=O) groups excluding carboxylic acids is 1. The van der Waals surface area contributed by atoms with Crippen molar-refractivity contribution >= 4 is 17.6 Å². The molecule has 16 heavy (non-hydrogen) atoms. The quantitative estimate of drug-likeness (QED) is 0.660. The molecule has 0 fully saturated rings. The summed E-state index contributed by atoms with van der Waals surface area (Å²) in [5, 5.41) is 20.1. The van der Waals surface area contributed by atoms with Crippen LogP contribution in [0.15, 0.2) is 24.3 Å². The van der Waals surface area contributed by atoms with E-state index in [2.05, 4.69) is 5.32 Å². The number of hydrogen-bond acceptors (Lipinski definition) is 3. The summed E-state index contributed by atoms with van der Waals surface area (Å²) >= 11 is 0. The third kappa shape index (κ3) is 2.80. The first-order valence-corrected chi connectivity index (χ1v) is 4.78. The van der Waals surface area contributed by atoms with Gasteiger partial charge in [0.2, 0.25) is 5.91 Å². The minimum atomic E-state index is -1.18. The molecule has 0 bridgehead atoms. The molecule has 0 aliphatic carbocycles. The minimum absolute atomic E-state index is 0.210. The van der Waals surface area contributed by atoms with Gasteiger partial charge in [0.25, 0.3) is 0 Å². The molecule has 3 N–H and O–H groups in total. The molecule has 1 aromatic carbocycles. The van der Waals surface area contributed by atoms with Crippen LogP contribution in [0.5, 0.6) is 0 Å². The molecule has 0 aliphatic heterocycles. The Bertz CT molecular complexity index is 403. The van der Waals surface area contributed by atoms with Crippen LogP contribution in [0, 0.1) is 5.92 Å². The number of rotatable bonds is 4. The topological polar surface area (TPSA) is 86.6 Å². The summed E-state index contributed by atoms with van der Waals surface area (Å²) in [6.45, 7) is 1.09. The van der Waals surface area contributed by atoms with Crippen LogP contribution >= 0.6 is 0 Å². The van der Waals surface area contributed by atoms with E-state index in [1.165, 1.54) is 6.92 Å². The minimum Gasteiger partial charge on any atom is -0.481 e. The number of aliphatic carboxylic acids is 1. The number of carbonyl (C=O) groups is 2. The van der Waals surface area contributed by atoms with E-state index in [1.807, 2.05) is 0 Å². The Morgan fingerprint density at radius 3 is 2.56 bits per heavy atom. The van der Waals surface area contributed by atoms with Gasteiger partial charge in [-0.15, -0.1) is 0 Å². The summed E-state index contributed by atoms with van der Waals surface area (Å²) in [5.74, 6) is -2.90. The largest absolute Gasteiger partial charge is 0.481 e. The first kappa shape index (κ1) is 12.2. The number of aliphatic hydroxyl groups excluding tert-OH is 1.